The molecule has 2 N–H and O–H groups in total. The van der Waals surface area contributed by atoms with Crippen molar-refractivity contribution in [3.8, 4) is 17.6 Å². The smallest absolute Gasteiger partial charge is 0.266 e. The number of phenols is 1. The number of hydrogen-bond donors (Lipinski definition) is 2. The number of nitrogens with zero attached hydrogens (tertiary/aromatic N) is 1. The first kappa shape index (κ1) is 20.1. The molecule has 0 heterocycles. The summed E-state index contributed by atoms with van der Waals surface area (Å²) in [6.07, 6.45) is 3.49. The third kappa shape index (κ3) is 4.69. The van der Waals surface area contributed by atoms with Crippen molar-refractivity contribution >= 4 is 29.3 Å². The van der Waals surface area contributed by atoms with E-state index in [4.69, 9.17) is 16.3 Å². The molecule has 0 saturated carbocycles. The first-order chi connectivity index (χ1) is 12.9. The number of carbonyl (C=O) groups is 1. The van der Waals surface area contributed by atoms with E-state index in [1.165, 1.54) is 13.2 Å². The number of nitriles is 1. The molecule has 2 aromatic carbocycles. The molecular weight excluding hydrogens is 364 g/mol. The molecule has 0 spiro atoms. The molecule has 0 aromatic heterocycles. The average molecular weight is 383 g/mol. The third-order valence-corrected chi connectivity index (χ3v) is 4.36. The number of ether oxygens (including phenoxy) is 1. The van der Waals surface area contributed by atoms with Crippen molar-refractivity contribution in [3.05, 3.63) is 70.3 Å². The first-order valence-corrected chi connectivity index (χ1v) is 8.48. The summed E-state index contributed by atoms with van der Waals surface area (Å²) >= 11 is 6.06. The van der Waals surface area contributed by atoms with Gasteiger partial charge in [-0.25, -0.2) is 0 Å². The van der Waals surface area contributed by atoms with Gasteiger partial charge in [0.1, 0.15) is 11.6 Å². The standard InChI is InChI=1S/C21H19ClN2O3/c1-4-6-15-9-14(11-19(27-3)20(15)25)10-16(12-23)21(26)24-18-8-5-7-17(22)13(18)2/h4-5,7-11,25H,1,6H2,2-3H3,(H,24,26)/b16-10+. The highest BCUT2D eigenvalue weighted by Crippen LogP contribution is 2.33. The Kier molecular flexibility index (Phi) is 6.64. The van der Waals surface area contributed by atoms with Crippen LogP contribution in [0.1, 0.15) is 16.7 Å². The molecule has 0 bridgehead atoms. The third-order valence-electron chi connectivity index (χ3n) is 3.95. The molecule has 0 radical (unpaired) electrons. The maximum atomic E-state index is 12.5. The molecule has 2 rings (SSSR count). The minimum Gasteiger partial charge on any atom is -0.504 e. The Labute approximate surface area is 163 Å². The van der Waals surface area contributed by atoms with Gasteiger partial charge in [0.25, 0.3) is 5.91 Å². The largest absolute Gasteiger partial charge is 0.504 e. The fraction of sp³-hybridized carbons (Fsp3) is 0.143. The number of carbonyl (C=O) groups excluding carboxylic acids is 1. The zero-order valence-electron chi connectivity index (χ0n) is 15.0. The van der Waals surface area contributed by atoms with E-state index in [0.717, 1.165) is 0 Å². The Balaban J connectivity index is 2.39. The maximum Gasteiger partial charge on any atom is 0.266 e. The number of nitrogens with one attached hydrogen (secondary N) is 1. The SMILES string of the molecule is C=CCc1cc(/C=C(\C#N)C(=O)Nc2cccc(Cl)c2C)cc(OC)c1O. The number of rotatable bonds is 6. The summed E-state index contributed by atoms with van der Waals surface area (Å²) in [5.74, 6) is -0.295. The monoisotopic (exact) mass is 382 g/mol. The zero-order valence-corrected chi connectivity index (χ0v) is 15.8. The van der Waals surface area contributed by atoms with Crippen molar-refractivity contribution in [2.45, 2.75) is 13.3 Å². The van der Waals surface area contributed by atoms with Gasteiger partial charge in [-0.15, -0.1) is 6.58 Å². The van der Waals surface area contributed by atoms with Gasteiger partial charge >= 0.3 is 0 Å². The Morgan fingerprint density at radius 2 is 2.19 bits per heavy atom. The quantitative estimate of drug-likeness (QED) is 0.433. The Bertz CT molecular complexity index is 959. The second kappa shape index (κ2) is 8.93. The highest BCUT2D eigenvalue weighted by molar-refractivity contribution is 6.31. The lowest BCUT2D eigenvalue weighted by molar-refractivity contribution is -0.112. The molecule has 5 nitrogen and oxygen atoms in total. The minimum absolute atomic E-state index is 0.00654. The Morgan fingerprint density at radius 1 is 1.44 bits per heavy atom. The van der Waals surface area contributed by atoms with Crippen molar-refractivity contribution in [2.24, 2.45) is 0 Å². The zero-order chi connectivity index (χ0) is 20.0. The summed E-state index contributed by atoms with van der Waals surface area (Å²) in [6, 6.07) is 10.3. The van der Waals surface area contributed by atoms with E-state index in [2.05, 4.69) is 11.9 Å². The van der Waals surface area contributed by atoms with Gasteiger partial charge in [-0.3, -0.25) is 4.79 Å². The van der Waals surface area contributed by atoms with Crippen molar-refractivity contribution in [1.29, 1.82) is 5.26 Å². The van der Waals surface area contributed by atoms with Crippen LogP contribution in [0.15, 0.2) is 48.6 Å². The molecule has 27 heavy (non-hydrogen) atoms. The van der Waals surface area contributed by atoms with Crippen molar-refractivity contribution in [1.82, 2.24) is 0 Å². The highest BCUT2D eigenvalue weighted by atomic mass is 35.5. The van der Waals surface area contributed by atoms with Gasteiger partial charge in [-0.2, -0.15) is 5.26 Å². The summed E-state index contributed by atoms with van der Waals surface area (Å²) in [6.45, 7) is 5.43. The second-order valence-electron chi connectivity index (χ2n) is 5.76. The number of methoxy groups -OCH3 is 1. The van der Waals surface area contributed by atoms with Gasteiger partial charge in [0, 0.05) is 16.3 Å². The first-order valence-electron chi connectivity index (χ1n) is 8.10. The van der Waals surface area contributed by atoms with E-state index in [1.807, 2.05) is 6.07 Å². The molecule has 0 atom stereocenters. The van der Waals surface area contributed by atoms with Gasteiger partial charge in [0.2, 0.25) is 0 Å². The van der Waals surface area contributed by atoms with Crippen molar-refractivity contribution in [2.75, 3.05) is 12.4 Å². The Morgan fingerprint density at radius 3 is 2.81 bits per heavy atom. The van der Waals surface area contributed by atoms with Crippen LogP contribution in [0.5, 0.6) is 11.5 Å². The highest BCUT2D eigenvalue weighted by Gasteiger charge is 2.14. The number of allylic oxidation sites excluding steroid dienone is 1. The number of anilines is 1. The summed E-state index contributed by atoms with van der Waals surface area (Å²) in [4.78, 5) is 12.5. The van der Waals surface area contributed by atoms with Crippen LogP contribution in [0, 0.1) is 18.3 Å². The topological polar surface area (TPSA) is 82.4 Å². The summed E-state index contributed by atoms with van der Waals surface area (Å²) < 4.78 is 5.16. The van der Waals surface area contributed by atoms with Crippen LogP contribution in [-0.4, -0.2) is 18.1 Å². The normalized spacial score (nSPS) is 10.8. The number of aromatic hydroxyl groups is 1. The molecular formula is C21H19ClN2O3. The second-order valence-corrected chi connectivity index (χ2v) is 6.17. The molecule has 0 fully saturated rings. The molecule has 0 aliphatic rings. The predicted octanol–water partition coefficient (Wildman–Crippen LogP) is 4.64. The maximum absolute atomic E-state index is 12.5. The lowest BCUT2D eigenvalue weighted by Crippen LogP contribution is -2.14. The lowest BCUT2D eigenvalue weighted by atomic mass is 10.0. The van der Waals surface area contributed by atoms with Crippen LogP contribution in [0.2, 0.25) is 5.02 Å². The summed E-state index contributed by atoms with van der Waals surface area (Å²) in [5.41, 5.74) is 2.29. The Hall–Kier alpha value is -3.23. The fourth-order valence-electron chi connectivity index (χ4n) is 2.49. The number of hydrogen-bond acceptors (Lipinski definition) is 4. The number of benzene rings is 2. The van der Waals surface area contributed by atoms with Crippen LogP contribution < -0.4 is 10.1 Å². The van der Waals surface area contributed by atoms with E-state index < -0.39 is 5.91 Å². The molecule has 0 unspecified atom stereocenters. The van der Waals surface area contributed by atoms with Gasteiger partial charge in [-0.1, -0.05) is 23.7 Å². The number of amides is 1. The van der Waals surface area contributed by atoms with Crippen molar-refractivity contribution < 1.29 is 14.6 Å². The van der Waals surface area contributed by atoms with Gasteiger partial charge in [0.05, 0.1) is 7.11 Å². The van der Waals surface area contributed by atoms with Crippen LogP contribution in [-0.2, 0) is 11.2 Å². The number of phenolic OH excluding ortho intramolecular Hbond substituents is 1. The number of halogens is 1. The lowest BCUT2D eigenvalue weighted by Gasteiger charge is -2.11. The molecule has 0 saturated heterocycles. The molecule has 2 aromatic rings. The van der Waals surface area contributed by atoms with Crippen LogP contribution in [0.25, 0.3) is 6.08 Å². The minimum atomic E-state index is -0.555. The molecule has 0 aliphatic carbocycles. The average Bonchev–Trinajstić information content (AvgIpc) is 2.65. The fourth-order valence-corrected chi connectivity index (χ4v) is 2.66. The predicted molar refractivity (Wildman–Crippen MR) is 107 cm³/mol. The van der Waals surface area contributed by atoms with Gasteiger partial charge < -0.3 is 15.2 Å². The summed E-state index contributed by atoms with van der Waals surface area (Å²) in [5, 5.41) is 22.8. The van der Waals surface area contributed by atoms with Crippen LogP contribution >= 0.6 is 11.6 Å². The molecule has 138 valence electrons. The van der Waals surface area contributed by atoms with Gasteiger partial charge in [0.15, 0.2) is 11.5 Å². The molecule has 0 aliphatic heterocycles. The van der Waals surface area contributed by atoms with E-state index >= 15 is 0 Å². The van der Waals surface area contributed by atoms with E-state index in [9.17, 15) is 15.2 Å². The van der Waals surface area contributed by atoms with Crippen LogP contribution in [0.4, 0.5) is 5.69 Å². The molecule has 1 amide bonds. The van der Waals surface area contributed by atoms with Crippen molar-refractivity contribution in [3.63, 3.8) is 0 Å². The van der Waals surface area contributed by atoms with Crippen LogP contribution in [0.3, 0.4) is 0 Å². The molecule has 6 heteroatoms. The van der Waals surface area contributed by atoms with E-state index in [0.29, 0.717) is 33.8 Å². The summed E-state index contributed by atoms with van der Waals surface area (Å²) in [7, 11) is 1.43. The van der Waals surface area contributed by atoms with E-state index in [1.54, 1.807) is 43.3 Å². The van der Waals surface area contributed by atoms with E-state index in [-0.39, 0.29) is 17.1 Å². The van der Waals surface area contributed by atoms with Gasteiger partial charge in [-0.05, 0) is 54.8 Å².